The zero-order valence-electron chi connectivity index (χ0n) is 29.5. The van der Waals surface area contributed by atoms with Crippen LogP contribution in [0.1, 0.15) is 65.8 Å². The van der Waals surface area contributed by atoms with Gasteiger partial charge in [0.2, 0.25) is 17.5 Å². The molecule has 5 aromatic rings. The molecule has 4 aromatic heterocycles. The van der Waals surface area contributed by atoms with Crippen molar-refractivity contribution in [1.82, 2.24) is 44.0 Å². The number of aromatic hydroxyl groups is 1. The second kappa shape index (κ2) is 13.5. The maximum atomic E-state index is 14.6. The van der Waals surface area contributed by atoms with Crippen molar-refractivity contribution in [3.8, 4) is 23.3 Å². The van der Waals surface area contributed by atoms with Gasteiger partial charge in [0.25, 0.3) is 11.5 Å². The van der Waals surface area contributed by atoms with Crippen LogP contribution in [-0.4, -0.2) is 94.2 Å². The van der Waals surface area contributed by atoms with Crippen molar-refractivity contribution in [3.63, 3.8) is 0 Å². The summed E-state index contributed by atoms with van der Waals surface area (Å²) in [6, 6.07) is 4.21. The predicted molar refractivity (Wildman–Crippen MR) is 190 cm³/mol. The Hall–Kier alpha value is -5.85. The van der Waals surface area contributed by atoms with Gasteiger partial charge in [-0.1, -0.05) is 18.5 Å². The topological polar surface area (TPSA) is 186 Å². The zero-order chi connectivity index (χ0) is 38.8. The van der Waals surface area contributed by atoms with Gasteiger partial charge in [-0.05, 0) is 55.9 Å². The number of piperidine rings is 1. The number of rotatable bonds is 7. The number of methoxy groups -OCH3 is 1. The highest BCUT2D eigenvalue weighted by Crippen LogP contribution is 2.50. The number of anilines is 2. The fourth-order valence-corrected chi connectivity index (χ4v) is 8.08. The second-order valence-electron chi connectivity index (χ2n) is 13.9. The molecule has 1 spiro atoms. The fourth-order valence-electron chi connectivity index (χ4n) is 7.85. The number of fused-ring (bicyclic) bond motifs is 3. The van der Waals surface area contributed by atoms with E-state index in [-0.39, 0.29) is 64.5 Å². The summed E-state index contributed by atoms with van der Waals surface area (Å²) in [4.78, 5) is 66.6. The van der Waals surface area contributed by atoms with Gasteiger partial charge in [-0.3, -0.25) is 14.4 Å². The Kier molecular flexibility index (Phi) is 8.85. The van der Waals surface area contributed by atoms with Gasteiger partial charge >= 0.3 is 12.2 Å². The van der Waals surface area contributed by atoms with Gasteiger partial charge in [-0.25, -0.2) is 15.0 Å². The lowest BCUT2D eigenvalue weighted by molar-refractivity contribution is -0.137. The normalized spacial score (nSPS) is 17.7. The lowest BCUT2D eigenvalue weighted by atomic mass is 9.73. The number of hydrogen-bond acceptors (Lipinski definition) is 12. The summed E-state index contributed by atoms with van der Waals surface area (Å²) in [6.07, 6.45) is 0.336. The average molecular weight is 780 g/mol. The summed E-state index contributed by atoms with van der Waals surface area (Å²) >= 11 is 6.16. The molecule has 1 aromatic carbocycles. The van der Waals surface area contributed by atoms with E-state index in [1.54, 1.807) is 9.47 Å². The summed E-state index contributed by atoms with van der Waals surface area (Å²) in [7, 11) is 1.40. The van der Waals surface area contributed by atoms with Gasteiger partial charge in [0.1, 0.15) is 18.6 Å². The maximum absolute atomic E-state index is 14.6. The number of halogens is 4. The third-order valence-corrected chi connectivity index (χ3v) is 10.9. The first-order valence-corrected chi connectivity index (χ1v) is 17.8. The van der Waals surface area contributed by atoms with Crippen molar-refractivity contribution >= 4 is 40.7 Å². The van der Waals surface area contributed by atoms with E-state index in [9.17, 15) is 32.7 Å². The molecule has 55 heavy (non-hydrogen) atoms. The van der Waals surface area contributed by atoms with Gasteiger partial charge in [-0.2, -0.15) is 27.7 Å². The summed E-state index contributed by atoms with van der Waals surface area (Å²) < 4.78 is 47.7. The SMILES string of the molecule is COc1nccc(-c2nc3n(CC(=O)Nc4ccc(C(F)(F)F)cc4Cl)c4c(c(=O)n3n2)C2(CCN(C(=O)c3ncnc(N5CCC5)c3O)CC2)CC4C)n1. The van der Waals surface area contributed by atoms with Crippen molar-refractivity contribution in [2.45, 2.75) is 56.7 Å². The summed E-state index contributed by atoms with van der Waals surface area (Å²) in [5, 5.41) is 17.7. The lowest BCUT2D eigenvalue weighted by Gasteiger charge is -2.39. The molecule has 16 nitrogen and oxygen atoms in total. The molecule has 20 heteroatoms. The van der Waals surface area contributed by atoms with Gasteiger partial charge in [0.15, 0.2) is 17.3 Å². The third-order valence-electron chi connectivity index (χ3n) is 10.6. The number of carbonyl (C=O) groups excluding carboxylic acids is 2. The highest BCUT2D eigenvalue weighted by atomic mass is 35.5. The second-order valence-corrected chi connectivity index (χ2v) is 14.3. The molecular weight excluding hydrogens is 747 g/mol. The molecule has 2 amide bonds. The molecule has 2 fully saturated rings. The number of amides is 2. The van der Waals surface area contributed by atoms with E-state index in [1.165, 1.54) is 25.7 Å². The molecule has 3 aliphatic rings. The number of nitrogens with zero attached hydrogens (tertiary/aromatic N) is 10. The van der Waals surface area contributed by atoms with E-state index >= 15 is 0 Å². The van der Waals surface area contributed by atoms with Crippen LogP contribution >= 0.6 is 11.6 Å². The zero-order valence-corrected chi connectivity index (χ0v) is 30.2. The Bertz CT molecular complexity index is 2430. The minimum Gasteiger partial charge on any atom is -0.503 e. The third kappa shape index (κ3) is 6.24. The quantitative estimate of drug-likeness (QED) is 0.242. The van der Waals surface area contributed by atoms with Gasteiger partial charge in [0.05, 0.1) is 23.4 Å². The molecule has 2 N–H and O–H groups in total. The Morgan fingerprint density at radius 2 is 1.85 bits per heavy atom. The molecule has 0 saturated carbocycles. The average Bonchev–Trinajstić information content (AvgIpc) is 3.71. The maximum Gasteiger partial charge on any atom is 0.416 e. The van der Waals surface area contributed by atoms with E-state index in [4.69, 9.17) is 16.3 Å². The first-order valence-electron chi connectivity index (χ1n) is 17.4. The molecule has 1 atom stereocenters. The Balaban J connectivity index is 1.16. The van der Waals surface area contributed by atoms with Crippen LogP contribution in [-0.2, 0) is 22.9 Å². The number of carbonyl (C=O) groups is 2. The van der Waals surface area contributed by atoms with Crippen LogP contribution in [0.25, 0.3) is 17.3 Å². The first kappa shape index (κ1) is 36.1. The number of aromatic nitrogens is 8. The van der Waals surface area contributed by atoms with Crippen molar-refractivity contribution in [1.29, 1.82) is 0 Å². The fraction of sp³-hybridized carbons (Fsp3) is 0.400. The van der Waals surface area contributed by atoms with Crippen LogP contribution in [0.3, 0.4) is 0 Å². The van der Waals surface area contributed by atoms with Crippen LogP contribution in [0.4, 0.5) is 24.7 Å². The molecule has 286 valence electrons. The number of ether oxygens (including phenoxy) is 1. The first-order chi connectivity index (χ1) is 26.3. The minimum absolute atomic E-state index is 0.0307. The number of benzene rings is 1. The summed E-state index contributed by atoms with van der Waals surface area (Å²) in [5.41, 5.74) is -1.01. The number of alkyl halides is 3. The van der Waals surface area contributed by atoms with Crippen molar-refractivity contribution in [3.05, 3.63) is 74.7 Å². The Morgan fingerprint density at radius 1 is 1.09 bits per heavy atom. The Morgan fingerprint density at radius 3 is 2.53 bits per heavy atom. The molecule has 8 rings (SSSR count). The van der Waals surface area contributed by atoms with Gasteiger partial charge in [0, 0.05) is 49.0 Å². The van der Waals surface area contributed by atoms with E-state index in [0.29, 0.717) is 36.3 Å². The molecular formula is C35H33ClF3N11O5. The van der Waals surface area contributed by atoms with Crippen molar-refractivity contribution in [2.75, 3.05) is 43.5 Å². The highest BCUT2D eigenvalue weighted by Gasteiger charge is 2.49. The summed E-state index contributed by atoms with van der Waals surface area (Å²) in [5.74, 6) is -1.20. The lowest BCUT2D eigenvalue weighted by Crippen LogP contribution is -2.47. The smallest absolute Gasteiger partial charge is 0.416 e. The van der Waals surface area contributed by atoms with E-state index in [1.807, 2.05) is 11.8 Å². The Labute approximate surface area is 315 Å². The minimum atomic E-state index is -4.63. The molecule has 2 aliphatic heterocycles. The molecule has 2 saturated heterocycles. The number of hydrogen-bond donors (Lipinski definition) is 2. The highest BCUT2D eigenvalue weighted by molar-refractivity contribution is 6.33. The van der Waals surface area contributed by atoms with Crippen LogP contribution in [0, 0.1) is 0 Å². The molecule has 0 bridgehead atoms. The number of likely N-dealkylation sites (tertiary alicyclic amines) is 1. The van der Waals surface area contributed by atoms with E-state index < -0.39 is 41.1 Å². The summed E-state index contributed by atoms with van der Waals surface area (Å²) in [6.45, 7) is 3.48. The molecule has 6 heterocycles. The molecule has 1 unspecified atom stereocenters. The van der Waals surface area contributed by atoms with Crippen LogP contribution in [0.15, 0.2) is 41.6 Å². The number of nitrogens with one attached hydrogen (secondary N) is 1. The largest absolute Gasteiger partial charge is 0.503 e. The monoisotopic (exact) mass is 779 g/mol. The predicted octanol–water partition coefficient (Wildman–Crippen LogP) is 4.05. The van der Waals surface area contributed by atoms with Crippen LogP contribution in [0.2, 0.25) is 5.02 Å². The standard InChI is InChI=1S/C35H33ClF3N11O5/c1-18-15-34(7-12-48(13-8-34)31(54)25-27(52)29(42-17-41-25)47-10-3-11-47)24-26(18)49(16-23(51)43-21-5-4-19(14-20(21)36)35(37,38)39)33-45-28(46-50(33)30(24)53)22-6-9-40-32(44-22)55-2/h4-6,9,14,17-18,52H,3,7-8,10-13,15-16H2,1-2H3,(H,43,51). The van der Waals surface area contributed by atoms with Gasteiger partial charge in [-0.15, -0.1) is 5.10 Å². The molecule has 0 radical (unpaired) electrons. The van der Waals surface area contributed by atoms with Crippen LogP contribution in [0.5, 0.6) is 11.8 Å². The van der Waals surface area contributed by atoms with E-state index in [2.05, 4.69) is 35.3 Å². The van der Waals surface area contributed by atoms with Gasteiger partial charge < -0.3 is 29.5 Å². The molecule has 1 aliphatic carbocycles. The van der Waals surface area contributed by atoms with Crippen molar-refractivity contribution < 1.29 is 32.6 Å². The van der Waals surface area contributed by atoms with Crippen molar-refractivity contribution in [2.24, 2.45) is 0 Å². The van der Waals surface area contributed by atoms with Crippen LogP contribution < -0.4 is 20.5 Å². The van der Waals surface area contributed by atoms with E-state index in [0.717, 1.165) is 42.2 Å².